The number of halogens is 2. The average Bonchev–Trinajstić information content (AvgIpc) is 2.94. The SMILES string of the molecule is COc1cc(C=NNC(=O)c2cccc(NC(=O)c3ccc(Cl)cc3)c2)ccc1OC(=O)c1ccc(Br)cc1. The molecule has 39 heavy (non-hydrogen) atoms. The molecule has 2 N–H and O–H groups in total. The first-order valence-electron chi connectivity index (χ1n) is 11.5. The van der Waals surface area contributed by atoms with E-state index in [1.165, 1.54) is 19.4 Å². The number of benzene rings is 4. The summed E-state index contributed by atoms with van der Waals surface area (Å²) in [7, 11) is 1.45. The summed E-state index contributed by atoms with van der Waals surface area (Å²) in [5.41, 5.74) is 4.62. The summed E-state index contributed by atoms with van der Waals surface area (Å²) in [5, 5.41) is 7.27. The van der Waals surface area contributed by atoms with Crippen LogP contribution < -0.4 is 20.2 Å². The fourth-order valence-corrected chi connectivity index (χ4v) is 3.76. The van der Waals surface area contributed by atoms with E-state index in [0.717, 1.165) is 4.47 Å². The van der Waals surface area contributed by atoms with Crippen molar-refractivity contribution in [2.75, 3.05) is 12.4 Å². The Morgan fingerprint density at radius 2 is 1.54 bits per heavy atom. The number of methoxy groups -OCH3 is 1. The molecule has 2 amide bonds. The Kier molecular flexibility index (Phi) is 9.09. The standard InChI is InChI=1S/C29H21BrClN3O5/c1-38-26-15-18(5-14-25(26)39-29(37)20-6-10-22(30)11-7-20)17-32-34-28(36)21-3-2-4-24(16-21)33-27(35)19-8-12-23(31)13-9-19/h2-17H,1H3,(H,33,35)(H,34,36). The van der Waals surface area contributed by atoms with Gasteiger partial charge in [0.1, 0.15) is 0 Å². The van der Waals surface area contributed by atoms with E-state index in [9.17, 15) is 14.4 Å². The van der Waals surface area contributed by atoms with Gasteiger partial charge in [-0.25, -0.2) is 10.2 Å². The van der Waals surface area contributed by atoms with E-state index >= 15 is 0 Å². The lowest BCUT2D eigenvalue weighted by molar-refractivity contribution is 0.0729. The molecule has 0 aliphatic carbocycles. The lowest BCUT2D eigenvalue weighted by Crippen LogP contribution is -2.18. The van der Waals surface area contributed by atoms with Gasteiger partial charge in [0.05, 0.1) is 18.9 Å². The summed E-state index contributed by atoms with van der Waals surface area (Å²) >= 11 is 9.19. The monoisotopic (exact) mass is 605 g/mol. The predicted molar refractivity (Wildman–Crippen MR) is 153 cm³/mol. The van der Waals surface area contributed by atoms with Gasteiger partial charge in [0.2, 0.25) is 0 Å². The van der Waals surface area contributed by atoms with Crippen LogP contribution in [0.5, 0.6) is 11.5 Å². The second-order valence-corrected chi connectivity index (χ2v) is 9.40. The molecule has 0 fully saturated rings. The van der Waals surface area contributed by atoms with E-state index in [4.69, 9.17) is 21.1 Å². The van der Waals surface area contributed by atoms with Crippen LogP contribution in [0, 0.1) is 0 Å². The highest BCUT2D eigenvalue weighted by Crippen LogP contribution is 2.28. The largest absolute Gasteiger partial charge is 0.493 e. The minimum Gasteiger partial charge on any atom is -0.493 e. The van der Waals surface area contributed by atoms with Crippen LogP contribution in [0.3, 0.4) is 0 Å². The number of nitrogens with one attached hydrogen (secondary N) is 2. The lowest BCUT2D eigenvalue weighted by atomic mass is 10.1. The first kappa shape index (κ1) is 27.6. The summed E-state index contributed by atoms with van der Waals surface area (Å²) in [6.07, 6.45) is 1.42. The van der Waals surface area contributed by atoms with Crippen LogP contribution in [-0.4, -0.2) is 31.1 Å². The zero-order valence-corrected chi connectivity index (χ0v) is 22.8. The van der Waals surface area contributed by atoms with Gasteiger partial charge in [0.15, 0.2) is 11.5 Å². The summed E-state index contributed by atoms with van der Waals surface area (Å²) < 4.78 is 11.7. The smallest absolute Gasteiger partial charge is 0.343 e. The molecular weight excluding hydrogens is 586 g/mol. The molecule has 196 valence electrons. The second-order valence-electron chi connectivity index (χ2n) is 8.05. The third-order valence-electron chi connectivity index (χ3n) is 5.34. The number of anilines is 1. The van der Waals surface area contributed by atoms with Crippen molar-refractivity contribution >= 4 is 57.2 Å². The highest BCUT2D eigenvalue weighted by atomic mass is 79.9. The molecular formula is C29H21BrClN3O5. The molecule has 0 saturated heterocycles. The van der Waals surface area contributed by atoms with E-state index in [0.29, 0.717) is 38.7 Å². The van der Waals surface area contributed by atoms with E-state index < -0.39 is 11.9 Å². The second kappa shape index (κ2) is 12.9. The summed E-state index contributed by atoms with van der Waals surface area (Å²) in [6, 6.07) is 24.6. The fourth-order valence-electron chi connectivity index (χ4n) is 3.37. The maximum atomic E-state index is 12.6. The number of carbonyl (C=O) groups is 3. The molecule has 0 saturated carbocycles. The molecule has 0 aromatic heterocycles. The third-order valence-corrected chi connectivity index (χ3v) is 6.12. The number of ether oxygens (including phenoxy) is 2. The number of hydrogen-bond acceptors (Lipinski definition) is 6. The fraction of sp³-hybridized carbons (Fsp3) is 0.0345. The molecule has 0 spiro atoms. The highest BCUT2D eigenvalue weighted by molar-refractivity contribution is 9.10. The van der Waals surface area contributed by atoms with E-state index in [1.807, 2.05) is 0 Å². The van der Waals surface area contributed by atoms with Crippen LogP contribution in [-0.2, 0) is 0 Å². The summed E-state index contributed by atoms with van der Waals surface area (Å²) in [6.45, 7) is 0. The highest BCUT2D eigenvalue weighted by Gasteiger charge is 2.13. The molecule has 0 bridgehead atoms. The molecule has 4 rings (SSSR count). The van der Waals surface area contributed by atoms with Gasteiger partial charge in [-0.3, -0.25) is 9.59 Å². The molecule has 4 aromatic rings. The first-order valence-corrected chi connectivity index (χ1v) is 12.7. The van der Waals surface area contributed by atoms with Crippen LogP contribution in [0.25, 0.3) is 0 Å². The van der Waals surface area contributed by atoms with E-state index in [1.54, 1.807) is 84.9 Å². The molecule has 0 aliphatic heterocycles. The molecule has 4 aromatic carbocycles. The van der Waals surface area contributed by atoms with Gasteiger partial charge in [0.25, 0.3) is 11.8 Å². The van der Waals surface area contributed by atoms with Gasteiger partial charge in [0, 0.05) is 26.3 Å². The van der Waals surface area contributed by atoms with Crippen molar-refractivity contribution in [1.29, 1.82) is 0 Å². The maximum Gasteiger partial charge on any atom is 0.343 e. The van der Waals surface area contributed by atoms with Crippen LogP contribution in [0.4, 0.5) is 5.69 Å². The Labute approximate surface area is 237 Å². The van der Waals surface area contributed by atoms with Crippen LogP contribution in [0.15, 0.2) is 101 Å². The molecule has 0 atom stereocenters. The average molecular weight is 607 g/mol. The molecule has 8 nitrogen and oxygen atoms in total. The van der Waals surface area contributed by atoms with Gasteiger partial charge in [-0.15, -0.1) is 0 Å². The van der Waals surface area contributed by atoms with Crippen molar-refractivity contribution in [2.24, 2.45) is 5.10 Å². The summed E-state index contributed by atoms with van der Waals surface area (Å²) in [4.78, 5) is 37.5. The number of amides is 2. The first-order chi connectivity index (χ1) is 18.8. The van der Waals surface area contributed by atoms with Crippen molar-refractivity contribution in [2.45, 2.75) is 0 Å². The minimum absolute atomic E-state index is 0.240. The zero-order valence-electron chi connectivity index (χ0n) is 20.5. The maximum absolute atomic E-state index is 12.6. The van der Waals surface area contributed by atoms with Gasteiger partial charge in [-0.2, -0.15) is 5.10 Å². The van der Waals surface area contributed by atoms with Crippen molar-refractivity contribution in [3.8, 4) is 11.5 Å². The van der Waals surface area contributed by atoms with Gasteiger partial charge >= 0.3 is 5.97 Å². The zero-order chi connectivity index (χ0) is 27.8. The van der Waals surface area contributed by atoms with Crippen molar-refractivity contribution in [1.82, 2.24) is 5.43 Å². The predicted octanol–water partition coefficient (Wildman–Crippen LogP) is 6.35. The Morgan fingerprint density at radius 3 is 2.26 bits per heavy atom. The van der Waals surface area contributed by atoms with Crippen LogP contribution in [0.1, 0.15) is 36.6 Å². The minimum atomic E-state index is -0.527. The summed E-state index contributed by atoms with van der Waals surface area (Å²) in [5.74, 6) is -0.770. The quantitative estimate of drug-likeness (QED) is 0.105. The van der Waals surface area contributed by atoms with Crippen molar-refractivity contribution < 1.29 is 23.9 Å². The van der Waals surface area contributed by atoms with E-state index in [2.05, 4.69) is 31.8 Å². The van der Waals surface area contributed by atoms with Crippen LogP contribution in [0.2, 0.25) is 5.02 Å². The van der Waals surface area contributed by atoms with E-state index in [-0.39, 0.29) is 11.7 Å². The number of rotatable bonds is 8. The van der Waals surface area contributed by atoms with Crippen molar-refractivity contribution in [3.05, 3.63) is 123 Å². The Balaban J connectivity index is 1.37. The Bertz CT molecular complexity index is 1540. The number of esters is 1. The van der Waals surface area contributed by atoms with Crippen molar-refractivity contribution in [3.63, 3.8) is 0 Å². The molecule has 0 radical (unpaired) electrons. The molecule has 0 aliphatic rings. The number of hydrazone groups is 1. The number of hydrogen-bond donors (Lipinski definition) is 2. The Hall–Kier alpha value is -4.47. The van der Waals surface area contributed by atoms with Gasteiger partial charge in [-0.05, 0) is 90.5 Å². The third kappa shape index (κ3) is 7.53. The topological polar surface area (TPSA) is 106 Å². The molecule has 0 unspecified atom stereocenters. The van der Waals surface area contributed by atoms with Gasteiger partial charge < -0.3 is 14.8 Å². The number of carbonyl (C=O) groups excluding carboxylic acids is 3. The molecule has 0 heterocycles. The normalized spacial score (nSPS) is 10.6. The van der Waals surface area contributed by atoms with Crippen LogP contribution >= 0.6 is 27.5 Å². The van der Waals surface area contributed by atoms with Gasteiger partial charge in [-0.1, -0.05) is 33.6 Å². The number of nitrogens with zero attached hydrogens (tertiary/aromatic N) is 1. The lowest BCUT2D eigenvalue weighted by Gasteiger charge is -2.10. The molecule has 10 heteroatoms. The Morgan fingerprint density at radius 1 is 0.821 bits per heavy atom.